The molecular formula is C13H11F3N4O4. The zero-order valence-corrected chi connectivity index (χ0v) is 12.4. The van der Waals surface area contributed by atoms with Crippen molar-refractivity contribution in [3.05, 3.63) is 45.8 Å². The fraction of sp³-hybridized carbons (Fsp3) is 0.231. The maximum absolute atomic E-state index is 12.7. The molecule has 8 nitrogen and oxygen atoms in total. The molecular weight excluding hydrogens is 333 g/mol. The van der Waals surface area contributed by atoms with E-state index in [0.29, 0.717) is 10.7 Å². The van der Waals surface area contributed by atoms with Gasteiger partial charge in [0.2, 0.25) is 0 Å². The highest BCUT2D eigenvalue weighted by Gasteiger charge is 2.35. The molecule has 11 heteroatoms. The van der Waals surface area contributed by atoms with Crippen LogP contribution in [0, 0.1) is 10.1 Å². The van der Waals surface area contributed by atoms with Crippen LogP contribution in [0.5, 0.6) is 5.75 Å². The number of carbonyl (C=O) groups excluding carboxylic acids is 1. The number of benzene rings is 1. The van der Waals surface area contributed by atoms with Crippen LogP contribution in [0.1, 0.15) is 16.2 Å². The van der Waals surface area contributed by atoms with Gasteiger partial charge in [0, 0.05) is 19.2 Å². The SMILES string of the molecule is COc1cc([N+](=O)[O-])ccc1NC(=O)c1cc(C(F)(F)F)n(C)n1. The summed E-state index contributed by atoms with van der Waals surface area (Å²) in [7, 11) is 2.29. The molecule has 0 radical (unpaired) electrons. The number of hydrogen-bond donors (Lipinski definition) is 1. The summed E-state index contributed by atoms with van der Waals surface area (Å²) in [6, 6.07) is 4.02. The van der Waals surface area contributed by atoms with Crippen LogP contribution in [0.15, 0.2) is 24.3 Å². The molecule has 0 aliphatic heterocycles. The molecule has 0 bridgehead atoms. The van der Waals surface area contributed by atoms with Crippen LogP contribution in [0.25, 0.3) is 0 Å². The molecule has 0 spiro atoms. The van der Waals surface area contributed by atoms with Crippen molar-refractivity contribution in [2.24, 2.45) is 7.05 Å². The van der Waals surface area contributed by atoms with Crippen LogP contribution >= 0.6 is 0 Å². The van der Waals surface area contributed by atoms with Crippen molar-refractivity contribution in [2.45, 2.75) is 6.18 Å². The molecule has 1 heterocycles. The van der Waals surface area contributed by atoms with Crippen molar-refractivity contribution in [3.8, 4) is 5.75 Å². The van der Waals surface area contributed by atoms with Crippen molar-refractivity contribution < 1.29 is 27.6 Å². The number of methoxy groups -OCH3 is 1. The molecule has 1 aromatic heterocycles. The predicted molar refractivity (Wildman–Crippen MR) is 75.8 cm³/mol. The predicted octanol–water partition coefficient (Wildman–Crippen LogP) is 2.61. The highest BCUT2D eigenvalue weighted by atomic mass is 19.4. The van der Waals surface area contributed by atoms with Gasteiger partial charge in [-0.2, -0.15) is 18.3 Å². The van der Waals surface area contributed by atoms with Crippen molar-refractivity contribution in [3.63, 3.8) is 0 Å². The minimum Gasteiger partial charge on any atom is -0.494 e. The van der Waals surface area contributed by atoms with Gasteiger partial charge in [-0.25, -0.2) is 0 Å². The summed E-state index contributed by atoms with van der Waals surface area (Å²) < 4.78 is 43.6. The van der Waals surface area contributed by atoms with Gasteiger partial charge in [0.25, 0.3) is 11.6 Å². The maximum atomic E-state index is 12.7. The lowest BCUT2D eigenvalue weighted by molar-refractivity contribution is -0.384. The molecule has 0 saturated heterocycles. The summed E-state index contributed by atoms with van der Waals surface area (Å²) >= 11 is 0. The standard InChI is InChI=1S/C13H11F3N4O4/c1-19-11(13(14,15)16)6-9(18-19)12(21)17-8-4-3-7(20(22)23)5-10(8)24-2/h3-6H,1-2H3,(H,17,21). The lowest BCUT2D eigenvalue weighted by Crippen LogP contribution is -2.13. The van der Waals surface area contributed by atoms with Crippen molar-refractivity contribution in [1.82, 2.24) is 9.78 Å². The van der Waals surface area contributed by atoms with Gasteiger partial charge < -0.3 is 10.1 Å². The van der Waals surface area contributed by atoms with E-state index in [2.05, 4.69) is 10.4 Å². The van der Waals surface area contributed by atoms with Crippen LogP contribution < -0.4 is 10.1 Å². The normalized spacial score (nSPS) is 11.2. The quantitative estimate of drug-likeness (QED) is 0.679. The van der Waals surface area contributed by atoms with E-state index in [4.69, 9.17) is 4.74 Å². The summed E-state index contributed by atoms with van der Waals surface area (Å²) in [4.78, 5) is 22.1. The molecule has 1 N–H and O–H groups in total. The Morgan fingerprint density at radius 2 is 2.04 bits per heavy atom. The number of alkyl halides is 3. The average molecular weight is 344 g/mol. The van der Waals surface area contributed by atoms with E-state index in [1.54, 1.807) is 0 Å². The van der Waals surface area contributed by atoms with Gasteiger partial charge in [-0.3, -0.25) is 19.6 Å². The maximum Gasteiger partial charge on any atom is 0.433 e. The highest BCUT2D eigenvalue weighted by molar-refractivity contribution is 6.03. The van der Waals surface area contributed by atoms with E-state index in [1.165, 1.54) is 13.2 Å². The van der Waals surface area contributed by atoms with Crippen LogP contribution in [-0.2, 0) is 13.2 Å². The van der Waals surface area contributed by atoms with Gasteiger partial charge in [0.05, 0.1) is 23.8 Å². The summed E-state index contributed by atoms with van der Waals surface area (Å²) in [5.41, 5.74) is -1.73. The molecule has 24 heavy (non-hydrogen) atoms. The minimum atomic E-state index is -4.65. The number of halogens is 3. The summed E-state index contributed by atoms with van der Waals surface area (Å²) in [5, 5.41) is 16.5. The Balaban J connectivity index is 2.29. The first kappa shape index (κ1) is 17.2. The number of ether oxygens (including phenoxy) is 1. The topological polar surface area (TPSA) is 99.3 Å². The first-order chi connectivity index (χ1) is 11.1. The second-order valence-electron chi connectivity index (χ2n) is 4.63. The molecule has 0 fully saturated rings. The lowest BCUT2D eigenvalue weighted by Gasteiger charge is -2.08. The molecule has 0 aliphatic carbocycles. The number of carbonyl (C=O) groups is 1. The number of rotatable bonds is 4. The lowest BCUT2D eigenvalue weighted by atomic mass is 10.2. The molecule has 1 aromatic carbocycles. The van der Waals surface area contributed by atoms with E-state index in [-0.39, 0.29) is 17.1 Å². The number of nitro groups is 1. The minimum absolute atomic E-state index is 0.00970. The summed E-state index contributed by atoms with van der Waals surface area (Å²) in [5.74, 6) is -0.919. The van der Waals surface area contributed by atoms with E-state index >= 15 is 0 Å². The molecule has 128 valence electrons. The third kappa shape index (κ3) is 3.45. The Labute approximate surface area is 133 Å². The monoisotopic (exact) mass is 344 g/mol. The fourth-order valence-corrected chi connectivity index (χ4v) is 1.93. The van der Waals surface area contributed by atoms with Crippen LogP contribution in [0.4, 0.5) is 24.5 Å². The van der Waals surface area contributed by atoms with Crippen molar-refractivity contribution in [2.75, 3.05) is 12.4 Å². The average Bonchev–Trinajstić information content (AvgIpc) is 2.89. The van der Waals surface area contributed by atoms with Crippen molar-refractivity contribution >= 4 is 17.3 Å². The molecule has 2 rings (SSSR count). The van der Waals surface area contributed by atoms with E-state index in [9.17, 15) is 28.1 Å². The van der Waals surface area contributed by atoms with E-state index < -0.39 is 28.4 Å². The third-order valence-electron chi connectivity index (χ3n) is 3.05. The first-order valence-corrected chi connectivity index (χ1v) is 6.38. The molecule has 0 saturated carbocycles. The Bertz CT molecular complexity index is 801. The number of anilines is 1. The number of hydrogen-bond acceptors (Lipinski definition) is 5. The second-order valence-corrected chi connectivity index (χ2v) is 4.63. The zero-order chi connectivity index (χ0) is 18.1. The molecule has 0 unspecified atom stereocenters. The Morgan fingerprint density at radius 3 is 2.54 bits per heavy atom. The number of aryl methyl sites for hydroxylation is 1. The Hall–Kier alpha value is -3.11. The number of nitrogens with zero attached hydrogens (tertiary/aromatic N) is 3. The summed E-state index contributed by atoms with van der Waals surface area (Å²) in [6.45, 7) is 0. The molecule has 2 aromatic rings. The molecule has 1 amide bonds. The molecule has 0 aliphatic rings. The number of amides is 1. The Kier molecular flexibility index (Phi) is 4.44. The Morgan fingerprint density at radius 1 is 1.38 bits per heavy atom. The largest absolute Gasteiger partial charge is 0.494 e. The number of aromatic nitrogens is 2. The molecule has 0 atom stereocenters. The van der Waals surface area contributed by atoms with Gasteiger partial charge in [0.15, 0.2) is 5.69 Å². The van der Waals surface area contributed by atoms with Gasteiger partial charge in [-0.1, -0.05) is 0 Å². The van der Waals surface area contributed by atoms with Crippen molar-refractivity contribution in [1.29, 1.82) is 0 Å². The number of non-ortho nitro benzene ring substituents is 1. The van der Waals surface area contributed by atoms with Crippen LogP contribution in [0.2, 0.25) is 0 Å². The zero-order valence-electron chi connectivity index (χ0n) is 12.4. The fourth-order valence-electron chi connectivity index (χ4n) is 1.93. The second kappa shape index (κ2) is 6.18. The first-order valence-electron chi connectivity index (χ1n) is 6.38. The van der Waals surface area contributed by atoms with Gasteiger partial charge in [-0.05, 0) is 6.07 Å². The van der Waals surface area contributed by atoms with E-state index in [1.807, 2.05) is 0 Å². The van der Waals surface area contributed by atoms with E-state index in [0.717, 1.165) is 19.2 Å². The van der Waals surface area contributed by atoms with Gasteiger partial charge in [0.1, 0.15) is 11.4 Å². The number of nitrogens with one attached hydrogen (secondary N) is 1. The smallest absolute Gasteiger partial charge is 0.433 e. The third-order valence-corrected chi connectivity index (χ3v) is 3.05. The number of nitro benzene ring substituents is 1. The van der Waals surface area contributed by atoms with Gasteiger partial charge in [-0.15, -0.1) is 0 Å². The van der Waals surface area contributed by atoms with Crippen LogP contribution in [-0.4, -0.2) is 27.7 Å². The summed E-state index contributed by atoms with van der Waals surface area (Å²) in [6.07, 6.45) is -4.65. The highest BCUT2D eigenvalue weighted by Crippen LogP contribution is 2.31. The van der Waals surface area contributed by atoms with Crippen LogP contribution in [0.3, 0.4) is 0 Å². The van der Waals surface area contributed by atoms with Gasteiger partial charge >= 0.3 is 6.18 Å².